The fraction of sp³-hybridized carbons (Fsp3) is 0.227. The standard InChI is InChI=1S/C22H23NO3/c1-17-8-10-18(11-9-17)12-13-22(25)23(16-20-6-4-14-26-20)15-19-5-2-3-7-21(19)24/h2-11,14,24H,12-13,15-16H2,1H3. The Kier molecular flexibility index (Phi) is 5.74. The van der Waals surface area contributed by atoms with Gasteiger partial charge in [0.15, 0.2) is 0 Å². The van der Waals surface area contributed by atoms with Gasteiger partial charge in [-0.1, -0.05) is 48.0 Å². The summed E-state index contributed by atoms with van der Waals surface area (Å²) in [4.78, 5) is 14.6. The summed E-state index contributed by atoms with van der Waals surface area (Å²) in [7, 11) is 0. The largest absolute Gasteiger partial charge is 0.508 e. The zero-order chi connectivity index (χ0) is 18.4. The van der Waals surface area contributed by atoms with Crippen LogP contribution in [0.1, 0.15) is 28.9 Å². The summed E-state index contributed by atoms with van der Waals surface area (Å²) >= 11 is 0. The summed E-state index contributed by atoms with van der Waals surface area (Å²) in [6, 6.07) is 19.0. The first kappa shape index (κ1) is 17.8. The molecule has 0 aliphatic carbocycles. The minimum Gasteiger partial charge on any atom is -0.508 e. The first-order valence-corrected chi connectivity index (χ1v) is 8.74. The van der Waals surface area contributed by atoms with E-state index in [2.05, 4.69) is 24.3 Å². The summed E-state index contributed by atoms with van der Waals surface area (Å²) in [6.07, 6.45) is 2.70. The second-order valence-electron chi connectivity index (χ2n) is 6.44. The molecule has 0 atom stereocenters. The number of aromatic hydroxyl groups is 1. The number of phenolic OH excluding ortho intramolecular Hbond substituents is 1. The summed E-state index contributed by atoms with van der Waals surface area (Å²) in [5, 5.41) is 10.0. The van der Waals surface area contributed by atoms with Crippen molar-refractivity contribution < 1.29 is 14.3 Å². The average Bonchev–Trinajstić information content (AvgIpc) is 3.15. The molecule has 0 bridgehead atoms. The van der Waals surface area contributed by atoms with Crippen LogP contribution in [-0.4, -0.2) is 15.9 Å². The van der Waals surface area contributed by atoms with Crippen LogP contribution in [0.2, 0.25) is 0 Å². The van der Waals surface area contributed by atoms with Gasteiger partial charge in [0.05, 0.1) is 12.8 Å². The van der Waals surface area contributed by atoms with E-state index in [1.54, 1.807) is 23.3 Å². The Labute approximate surface area is 153 Å². The Balaban J connectivity index is 1.70. The number of amides is 1. The van der Waals surface area contributed by atoms with E-state index < -0.39 is 0 Å². The van der Waals surface area contributed by atoms with Crippen LogP contribution in [-0.2, 0) is 24.3 Å². The number of hydrogen-bond acceptors (Lipinski definition) is 3. The Morgan fingerprint density at radius 1 is 1.00 bits per heavy atom. The fourth-order valence-corrected chi connectivity index (χ4v) is 2.84. The molecule has 0 saturated carbocycles. The molecule has 0 saturated heterocycles. The maximum atomic E-state index is 12.8. The number of para-hydroxylation sites is 1. The highest BCUT2D eigenvalue weighted by Gasteiger charge is 2.17. The molecule has 1 N–H and O–H groups in total. The number of hydrogen-bond donors (Lipinski definition) is 1. The molecule has 0 fully saturated rings. The predicted octanol–water partition coefficient (Wildman–Crippen LogP) is 4.46. The topological polar surface area (TPSA) is 53.7 Å². The average molecular weight is 349 g/mol. The lowest BCUT2D eigenvalue weighted by Crippen LogP contribution is -2.30. The normalized spacial score (nSPS) is 10.7. The van der Waals surface area contributed by atoms with Crippen LogP contribution < -0.4 is 0 Å². The van der Waals surface area contributed by atoms with Gasteiger partial charge in [-0.2, -0.15) is 0 Å². The number of carbonyl (C=O) groups is 1. The van der Waals surface area contributed by atoms with Crippen LogP contribution in [0, 0.1) is 6.92 Å². The number of aryl methyl sites for hydroxylation is 2. The van der Waals surface area contributed by atoms with Crippen molar-refractivity contribution in [1.29, 1.82) is 0 Å². The van der Waals surface area contributed by atoms with Gasteiger partial charge in [-0.3, -0.25) is 4.79 Å². The molecular weight excluding hydrogens is 326 g/mol. The number of benzene rings is 2. The number of furan rings is 1. The van der Waals surface area contributed by atoms with E-state index in [1.807, 2.05) is 31.2 Å². The van der Waals surface area contributed by atoms with Crippen LogP contribution in [0.4, 0.5) is 0 Å². The lowest BCUT2D eigenvalue weighted by atomic mass is 10.1. The van der Waals surface area contributed by atoms with Gasteiger partial charge in [0.1, 0.15) is 11.5 Å². The summed E-state index contributed by atoms with van der Waals surface area (Å²) in [5.41, 5.74) is 3.08. The predicted molar refractivity (Wildman–Crippen MR) is 101 cm³/mol. The molecule has 1 amide bonds. The van der Waals surface area contributed by atoms with Gasteiger partial charge < -0.3 is 14.4 Å². The van der Waals surface area contributed by atoms with Crippen molar-refractivity contribution in [3.63, 3.8) is 0 Å². The minimum atomic E-state index is 0.0326. The van der Waals surface area contributed by atoms with E-state index in [9.17, 15) is 9.90 Å². The van der Waals surface area contributed by atoms with Gasteiger partial charge >= 0.3 is 0 Å². The van der Waals surface area contributed by atoms with Crippen LogP contribution >= 0.6 is 0 Å². The molecule has 1 heterocycles. The van der Waals surface area contributed by atoms with E-state index in [-0.39, 0.29) is 11.7 Å². The van der Waals surface area contributed by atoms with Crippen molar-refractivity contribution in [2.24, 2.45) is 0 Å². The Morgan fingerprint density at radius 3 is 2.46 bits per heavy atom. The SMILES string of the molecule is Cc1ccc(CCC(=O)N(Cc2ccco2)Cc2ccccc2O)cc1. The monoisotopic (exact) mass is 349 g/mol. The number of nitrogens with zero attached hydrogens (tertiary/aromatic N) is 1. The zero-order valence-electron chi connectivity index (χ0n) is 14.9. The molecule has 26 heavy (non-hydrogen) atoms. The molecule has 0 spiro atoms. The van der Waals surface area contributed by atoms with E-state index in [4.69, 9.17) is 4.42 Å². The third kappa shape index (κ3) is 4.76. The fourth-order valence-electron chi connectivity index (χ4n) is 2.84. The third-order valence-corrected chi connectivity index (χ3v) is 4.38. The number of rotatable bonds is 7. The summed E-state index contributed by atoms with van der Waals surface area (Å²) in [6.45, 7) is 2.78. The third-order valence-electron chi connectivity index (χ3n) is 4.38. The molecule has 0 radical (unpaired) electrons. The maximum absolute atomic E-state index is 12.8. The molecule has 0 unspecified atom stereocenters. The van der Waals surface area contributed by atoms with E-state index in [0.29, 0.717) is 25.9 Å². The number of phenols is 1. The van der Waals surface area contributed by atoms with Crippen molar-refractivity contribution in [2.45, 2.75) is 32.9 Å². The van der Waals surface area contributed by atoms with Gasteiger partial charge in [-0.05, 0) is 37.1 Å². The second-order valence-corrected chi connectivity index (χ2v) is 6.44. The Bertz CT molecular complexity index is 838. The van der Waals surface area contributed by atoms with E-state index in [1.165, 1.54) is 5.56 Å². The van der Waals surface area contributed by atoms with Gasteiger partial charge in [-0.15, -0.1) is 0 Å². The molecule has 0 aliphatic rings. The molecule has 3 aromatic rings. The molecule has 4 nitrogen and oxygen atoms in total. The highest BCUT2D eigenvalue weighted by molar-refractivity contribution is 5.76. The van der Waals surface area contributed by atoms with E-state index >= 15 is 0 Å². The van der Waals surface area contributed by atoms with Crippen molar-refractivity contribution in [3.05, 3.63) is 89.4 Å². The van der Waals surface area contributed by atoms with E-state index in [0.717, 1.165) is 16.9 Å². The van der Waals surface area contributed by atoms with Crippen molar-refractivity contribution in [2.75, 3.05) is 0 Å². The highest BCUT2D eigenvalue weighted by atomic mass is 16.3. The van der Waals surface area contributed by atoms with Crippen LogP contribution in [0.25, 0.3) is 0 Å². The maximum Gasteiger partial charge on any atom is 0.223 e. The van der Waals surface area contributed by atoms with Crippen LogP contribution in [0.15, 0.2) is 71.3 Å². The Hall–Kier alpha value is -3.01. The quantitative estimate of drug-likeness (QED) is 0.685. The highest BCUT2D eigenvalue weighted by Crippen LogP contribution is 2.20. The summed E-state index contributed by atoms with van der Waals surface area (Å²) in [5.74, 6) is 0.956. The molecule has 0 aliphatic heterocycles. The van der Waals surface area contributed by atoms with Crippen molar-refractivity contribution >= 4 is 5.91 Å². The van der Waals surface area contributed by atoms with Crippen molar-refractivity contribution in [1.82, 2.24) is 4.90 Å². The Morgan fingerprint density at radius 2 is 1.77 bits per heavy atom. The zero-order valence-corrected chi connectivity index (χ0v) is 14.9. The first-order valence-electron chi connectivity index (χ1n) is 8.74. The molecule has 3 rings (SSSR count). The number of carbonyl (C=O) groups excluding carboxylic acids is 1. The van der Waals surface area contributed by atoms with Gasteiger partial charge in [0.2, 0.25) is 5.91 Å². The van der Waals surface area contributed by atoms with Gasteiger partial charge in [-0.25, -0.2) is 0 Å². The van der Waals surface area contributed by atoms with Crippen molar-refractivity contribution in [3.8, 4) is 5.75 Å². The molecule has 4 heteroatoms. The van der Waals surface area contributed by atoms with Crippen LogP contribution in [0.3, 0.4) is 0 Å². The molecule has 134 valence electrons. The summed E-state index contributed by atoms with van der Waals surface area (Å²) < 4.78 is 5.40. The second kappa shape index (κ2) is 8.39. The smallest absolute Gasteiger partial charge is 0.223 e. The van der Waals surface area contributed by atoms with Gasteiger partial charge in [0.25, 0.3) is 0 Å². The lowest BCUT2D eigenvalue weighted by Gasteiger charge is -2.22. The lowest BCUT2D eigenvalue weighted by molar-refractivity contribution is -0.132. The molecule has 2 aromatic carbocycles. The first-order chi connectivity index (χ1) is 12.6. The molecular formula is C22H23NO3. The van der Waals surface area contributed by atoms with Crippen LogP contribution in [0.5, 0.6) is 5.75 Å². The minimum absolute atomic E-state index is 0.0326. The van der Waals surface area contributed by atoms with Gasteiger partial charge in [0, 0.05) is 18.5 Å². The molecule has 1 aromatic heterocycles.